The van der Waals surface area contributed by atoms with Crippen LogP contribution in [0.25, 0.3) is 0 Å². The van der Waals surface area contributed by atoms with Gasteiger partial charge in [0, 0.05) is 25.6 Å². The first-order valence-electron chi connectivity index (χ1n) is 11.1. The van der Waals surface area contributed by atoms with Gasteiger partial charge in [-0.05, 0) is 60.0 Å². The third-order valence-corrected chi connectivity index (χ3v) is 6.09. The molecule has 2 atom stereocenters. The fraction of sp³-hybridized carbons (Fsp3) is 0.417. The molecule has 0 saturated carbocycles. The average molecular weight is 437 g/mol. The van der Waals surface area contributed by atoms with Gasteiger partial charge in [-0.2, -0.15) is 0 Å². The van der Waals surface area contributed by atoms with E-state index in [9.17, 15) is 9.18 Å². The number of amides is 1. The fourth-order valence-electron chi connectivity index (χ4n) is 4.31. The number of likely N-dealkylation sites (tertiary alicyclic amines) is 1. The van der Waals surface area contributed by atoms with Gasteiger partial charge in [-0.1, -0.05) is 48.9 Å². The van der Waals surface area contributed by atoms with Crippen LogP contribution < -0.4 is 5.32 Å². The number of hydrogen-bond acceptors (Lipinski definition) is 5. The summed E-state index contributed by atoms with van der Waals surface area (Å²) in [4.78, 5) is 15.7. The van der Waals surface area contributed by atoms with Gasteiger partial charge in [-0.15, -0.1) is 5.10 Å². The maximum absolute atomic E-state index is 13.3. The number of halogens is 1. The van der Waals surface area contributed by atoms with Gasteiger partial charge in [0.1, 0.15) is 17.7 Å². The first-order valence-corrected chi connectivity index (χ1v) is 11.1. The largest absolute Gasteiger partial charge is 0.353 e. The summed E-state index contributed by atoms with van der Waals surface area (Å²) in [7, 11) is 0. The Labute approximate surface area is 187 Å². The molecule has 0 radical (unpaired) electrons. The second-order valence-electron chi connectivity index (χ2n) is 8.37. The molecule has 2 aromatic carbocycles. The van der Waals surface area contributed by atoms with Crippen molar-refractivity contribution in [3.05, 3.63) is 77.4 Å². The van der Waals surface area contributed by atoms with Crippen molar-refractivity contribution >= 4 is 5.91 Å². The van der Waals surface area contributed by atoms with E-state index in [0.717, 1.165) is 31.5 Å². The molecule has 1 saturated heterocycles. The van der Waals surface area contributed by atoms with Gasteiger partial charge in [0.2, 0.25) is 5.91 Å². The predicted octanol–water partition coefficient (Wildman–Crippen LogP) is 3.08. The Morgan fingerprint density at radius 1 is 1.12 bits per heavy atom. The molecular formula is C24H29FN6O. The molecule has 32 heavy (non-hydrogen) atoms. The van der Waals surface area contributed by atoms with Crippen LogP contribution in [0.5, 0.6) is 0 Å². The van der Waals surface area contributed by atoms with E-state index in [-0.39, 0.29) is 17.8 Å². The van der Waals surface area contributed by atoms with Gasteiger partial charge in [0.25, 0.3) is 0 Å². The molecule has 1 N–H and O–H groups in total. The van der Waals surface area contributed by atoms with Crippen LogP contribution in [0, 0.1) is 12.7 Å². The summed E-state index contributed by atoms with van der Waals surface area (Å²) in [6.45, 7) is 4.26. The quantitative estimate of drug-likeness (QED) is 0.587. The first kappa shape index (κ1) is 22.1. The molecule has 0 aliphatic carbocycles. The topological polar surface area (TPSA) is 75.9 Å². The lowest BCUT2D eigenvalue weighted by atomic mass is 10.0. The minimum absolute atomic E-state index is 0.130. The Balaban J connectivity index is 1.43. The number of aromatic nitrogens is 4. The number of nitrogens with one attached hydrogen (secondary N) is 1. The molecule has 1 fully saturated rings. The number of aryl methyl sites for hydroxylation is 1. The number of benzene rings is 2. The number of rotatable bonds is 8. The van der Waals surface area contributed by atoms with Crippen LogP contribution in [0.15, 0.2) is 54.6 Å². The minimum atomic E-state index is -0.596. The molecule has 8 heteroatoms. The molecule has 2 unspecified atom stereocenters. The highest BCUT2D eigenvalue weighted by molar-refractivity contribution is 5.80. The van der Waals surface area contributed by atoms with Crippen molar-refractivity contribution in [3.63, 3.8) is 0 Å². The van der Waals surface area contributed by atoms with E-state index in [0.29, 0.717) is 18.8 Å². The molecule has 2 heterocycles. The van der Waals surface area contributed by atoms with Crippen LogP contribution >= 0.6 is 0 Å². The summed E-state index contributed by atoms with van der Waals surface area (Å²) >= 11 is 0. The van der Waals surface area contributed by atoms with Gasteiger partial charge < -0.3 is 5.32 Å². The number of nitrogens with zero attached hydrogens (tertiary/aromatic N) is 5. The molecule has 1 aliphatic rings. The zero-order valence-corrected chi connectivity index (χ0v) is 18.3. The zero-order valence-electron chi connectivity index (χ0n) is 18.3. The number of tetrazole rings is 1. The second kappa shape index (κ2) is 10.5. The standard InChI is InChI=1S/C24H29FN6O/c1-18-27-28-29-31(18)23(15-19-10-12-21(25)13-11-19)24(32)26-16-22-9-5-6-14-30(22)17-20-7-3-2-4-8-20/h2-4,7-8,10-13,22-23H,5-6,9,14-17H2,1H3,(H,26,32). The van der Waals surface area contributed by atoms with E-state index < -0.39 is 6.04 Å². The second-order valence-corrected chi connectivity index (χ2v) is 8.37. The van der Waals surface area contributed by atoms with Crippen molar-refractivity contribution < 1.29 is 9.18 Å². The lowest BCUT2D eigenvalue weighted by Crippen LogP contribution is -2.47. The molecule has 1 aliphatic heterocycles. The summed E-state index contributed by atoms with van der Waals surface area (Å²) in [5.74, 6) is 0.134. The molecule has 0 bridgehead atoms. The van der Waals surface area contributed by atoms with Crippen LogP contribution in [0.4, 0.5) is 4.39 Å². The average Bonchev–Trinajstić information content (AvgIpc) is 3.24. The lowest BCUT2D eigenvalue weighted by Gasteiger charge is -2.36. The SMILES string of the molecule is Cc1nnnn1C(Cc1ccc(F)cc1)C(=O)NCC1CCCCN1Cc1ccccc1. The first-order chi connectivity index (χ1) is 15.6. The van der Waals surface area contributed by atoms with Crippen molar-refractivity contribution in [2.45, 2.75) is 51.2 Å². The number of carbonyl (C=O) groups is 1. The van der Waals surface area contributed by atoms with Crippen LogP contribution in [-0.2, 0) is 17.8 Å². The Hall–Kier alpha value is -3.13. The molecule has 1 aromatic heterocycles. The van der Waals surface area contributed by atoms with Crippen LogP contribution in [0.3, 0.4) is 0 Å². The fourth-order valence-corrected chi connectivity index (χ4v) is 4.31. The molecule has 168 valence electrons. The molecule has 1 amide bonds. The van der Waals surface area contributed by atoms with Gasteiger partial charge in [0.15, 0.2) is 0 Å². The molecule has 0 spiro atoms. The highest BCUT2D eigenvalue weighted by Gasteiger charge is 2.27. The third-order valence-electron chi connectivity index (χ3n) is 6.09. The smallest absolute Gasteiger partial charge is 0.245 e. The number of carbonyl (C=O) groups excluding carboxylic acids is 1. The van der Waals surface area contributed by atoms with Crippen molar-refractivity contribution in [2.24, 2.45) is 0 Å². The van der Waals surface area contributed by atoms with Crippen molar-refractivity contribution in [3.8, 4) is 0 Å². The number of hydrogen-bond donors (Lipinski definition) is 1. The van der Waals surface area contributed by atoms with Crippen LogP contribution in [-0.4, -0.2) is 50.1 Å². The zero-order chi connectivity index (χ0) is 22.3. The van der Waals surface area contributed by atoms with E-state index in [1.807, 2.05) is 6.07 Å². The maximum Gasteiger partial charge on any atom is 0.245 e. The summed E-state index contributed by atoms with van der Waals surface area (Å²) in [6, 6.07) is 16.3. The van der Waals surface area contributed by atoms with E-state index in [1.165, 1.54) is 24.1 Å². The third kappa shape index (κ3) is 5.56. The van der Waals surface area contributed by atoms with Crippen molar-refractivity contribution in [1.82, 2.24) is 30.4 Å². The van der Waals surface area contributed by atoms with Crippen LogP contribution in [0.1, 0.15) is 42.3 Å². The van der Waals surface area contributed by atoms with E-state index >= 15 is 0 Å². The minimum Gasteiger partial charge on any atom is -0.353 e. The molecule has 3 aromatic rings. The Bertz CT molecular complexity index is 1010. The van der Waals surface area contributed by atoms with E-state index in [2.05, 4.69) is 50.0 Å². The summed E-state index contributed by atoms with van der Waals surface area (Å²) in [6.07, 6.45) is 3.78. The summed E-state index contributed by atoms with van der Waals surface area (Å²) < 4.78 is 14.9. The van der Waals surface area contributed by atoms with Crippen LogP contribution in [0.2, 0.25) is 0 Å². The highest BCUT2D eigenvalue weighted by atomic mass is 19.1. The molecule has 4 rings (SSSR count). The van der Waals surface area contributed by atoms with E-state index in [4.69, 9.17) is 0 Å². The Morgan fingerprint density at radius 3 is 2.62 bits per heavy atom. The predicted molar refractivity (Wildman–Crippen MR) is 119 cm³/mol. The van der Waals surface area contributed by atoms with E-state index in [1.54, 1.807) is 23.7 Å². The normalized spacial score (nSPS) is 17.8. The highest BCUT2D eigenvalue weighted by Crippen LogP contribution is 2.20. The van der Waals surface area contributed by atoms with Gasteiger partial charge in [0.05, 0.1) is 0 Å². The van der Waals surface area contributed by atoms with Gasteiger partial charge in [-0.3, -0.25) is 9.69 Å². The lowest BCUT2D eigenvalue weighted by molar-refractivity contribution is -0.125. The number of piperidine rings is 1. The monoisotopic (exact) mass is 436 g/mol. The van der Waals surface area contributed by atoms with Gasteiger partial charge in [-0.25, -0.2) is 9.07 Å². The summed E-state index contributed by atoms with van der Waals surface area (Å²) in [5.41, 5.74) is 2.13. The van der Waals surface area contributed by atoms with Crippen molar-refractivity contribution in [1.29, 1.82) is 0 Å². The summed E-state index contributed by atoms with van der Waals surface area (Å²) in [5, 5.41) is 14.8. The van der Waals surface area contributed by atoms with Crippen molar-refractivity contribution in [2.75, 3.05) is 13.1 Å². The van der Waals surface area contributed by atoms with Gasteiger partial charge >= 0.3 is 0 Å². The Morgan fingerprint density at radius 2 is 1.91 bits per heavy atom. The maximum atomic E-state index is 13.3. The Kier molecular flexibility index (Phi) is 7.21. The molecular weight excluding hydrogens is 407 g/mol. The molecule has 7 nitrogen and oxygen atoms in total.